The number of nitrogens with zero attached hydrogens (tertiary/aromatic N) is 6. The first-order valence-electron chi connectivity index (χ1n) is 28.7. The molecule has 0 spiro atoms. The quantitative estimate of drug-likeness (QED) is 0.172. The first-order valence-corrected chi connectivity index (χ1v) is 29.5. The summed E-state index contributed by atoms with van der Waals surface area (Å²) in [5, 5.41) is 39.0. The molecule has 19 rings (SSSR count). The second kappa shape index (κ2) is 17.0. The van der Waals surface area contributed by atoms with Gasteiger partial charge in [-0.1, -0.05) is 200 Å². The van der Waals surface area contributed by atoms with E-state index in [-0.39, 0.29) is 0 Å². The van der Waals surface area contributed by atoms with Gasteiger partial charge in [-0.05, 0) is 98.8 Å². The van der Waals surface area contributed by atoms with E-state index >= 15 is 0 Å². The van der Waals surface area contributed by atoms with Crippen LogP contribution in [0.25, 0.3) is 174 Å². The molecule has 7 heteroatoms. The normalized spacial score (nSPS) is 12.2. The van der Waals surface area contributed by atoms with E-state index in [0.29, 0.717) is 33.9 Å². The second-order valence-electron chi connectivity index (χ2n) is 22.4. The van der Waals surface area contributed by atoms with E-state index < -0.39 is 0 Å². The zero-order chi connectivity index (χ0) is 55.8. The first-order chi connectivity index (χ1) is 42.2. The standard InChI is InChI=1S/C78H42N6S/c79-43-62-73(81-64-29-10-3-20-49(64)50-21-4-11-30-65(50)81)74(82-66-31-12-5-22-51(66)52-23-6-13-32-67(52)82)63(44-80)76(75(62)83-68-33-14-7-24-53(68)54-25-8-15-34-69(54)83)84-70-41-36-45(42-61(70)59-39-40-60-55-26-9-16-35-71(55)85-78(60)77(59)84)46-37-38-58-48-19-2-1-18-47(48)57-28-17-27-56(46)72(57)58/h1-42H. The Hall–Kier alpha value is -11.5. The molecule has 0 aliphatic heterocycles. The van der Waals surface area contributed by atoms with Crippen molar-refractivity contribution in [2.24, 2.45) is 0 Å². The van der Waals surface area contributed by atoms with Crippen LogP contribution in [-0.2, 0) is 0 Å². The molecule has 0 N–H and O–H groups in total. The van der Waals surface area contributed by atoms with E-state index in [2.05, 4.69) is 285 Å². The summed E-state index contributed by atoms with van der Waals surface area (Å²) in [6.07, 6.45) is 0. The molecule has 18 aromatic rings. The van der Waals surface area contributed by atoms with Gasteiger partial charge in [-0.15, -0.1) is 11.3 Å². The number of fused-ring (bicyclic) bond motifs is 19. The van der Waals surface area contributed by atoms with Crippen LogP contribution >= 0.6 is 11.3 Å². The molecular weight excluding hydrogens is 1050 g/mol. The van der Waals surface area contributed by atoms with E-state index in [1.165, 1.54) is 43.1 Å². The Morgan fingerprint density at radius 1 is 0.271 bits per heavy atom. The summed E-state index contributed by atoms with van der Waals surface area (Å²) >= 11 is 1.78. The van der Waals surface area contributed by atoms with E-state index in [4.69, 9.17) is 0 Å². The Morgan fingerprint density at radius 3 is 1.14 bits per heavy atom. The Labute approximate surface area is 489 Å². The third-order valence-corrected chi connectivity index (χ3v) is 19.6. The number of para-hydroxylation sites is 6. The monoisotopic (exact) mass is 1090 g/mol. The molecule has 0 unspecified atom stereocenters. The lowest BCUT2D eigenvalue weighted by molar-refractivity contribution is 1.03. The second-order valence-corrected chi connectivity index (χ2v) is 23.5. The zero-order valence-electron chi connectivity index (χ0n) is 45.3. The predicted molar refractivity (Wildman–Crippen MR) is 353 cm³/mol. The van der Waals surface area contributed by atoms with Crippen molar-refractivity contribution in [3.8, 4) is 68.3 Å². The molecular formula is C78H42N6S. The molecule has 1 aliphatic carbocycles. The molecule has 85 heavy (non-hydrogen) atoms. The molecule has 0 radical (unpaired) electrons. The maximum Gasteiger partial charge on any atom is 0.104 e. The lowest BCUT2D eigenvalue weighted by atomic mass is 9.93. The van der Waals surface area contributed by atoms with Gasteiger partial charge in [0.25, 0.3) is 0 Å². The molecule has 0 fully saturated rings. The number of thiophene rings is 1. The highest BCUT2D eigenvalue weighted by molar-refractivity contribution is 7.26. The van der Waals surface area contributed by atoms with Crippen LogP contribution in [0.2, 0.25) is 0 Å². The van der Waals surface area contributed by atoms with Crippen molar-refractivity contribution in [1.82, 2.24) is 18.3 Å². The summed E-state index contributed by atoms with van der Waals surface area (Å²) in [7, 11) is 0. The van der Waals surface area contributed by atoms with Crippen LogP contribution < -0.4 is 0 Å². The fraction of sp³-hybridized carbons (Fsp3) is 0. The minimum atomic E-state index is 0.423. The van der Waals surface area contributed by atoms with Gasteiger partial charge in [0.15, 0.2) is 0 Å². The molecule has 0 saturated carbocycles. The van der Waals surface area contributed by atoms with Gasteiger partial charge in [0.2, 0.25) is 0 Å². The highest BCUT2D eigenvalue weighted by Gasteiger charge is 2.35. The zero-order valence-corrected chi connectivity index (χ0v) is 46.2. The average molecular weight is 1100 g/mol. The van der Waals surface area contributed by atoms with Gasteiger partial charge in [0.1, 0.15) is 23.3 Å². The Bertz CT molecular complexity index is 5950. The van der Waals surface area contributed by atoms with Crippen molar-refractivity contribution in [2.45, 2.75) is 0 Å². The number of nitriles is 2. The summed E-state index contributed by atoms with van der Waals surface area (Å²) in [5.41, 5.74) is 18.0. The fourth-order valence-corrected chi connectivity index (χ4v) is 16.3. The lowest BCUT2D eigenvalue weighted by Gasteiger charge is -2.27. The van der Waals surface area contributed by atoms with Gasteiger partial charge in [-0.25, -0.2) is 0 Å². The van der Waals surface area contributed by atoms with Crippen molar-refractivity contribution in [2.75, 3.05) is 0 Å². The SMILES string of the molecule is N#Cc1c(-n2c3ccccc3c3ccccc32)c(-n2c3ccccc3c3ccccc32)c(C#N)c(-n2c3ccc(-c4ccc5c6c(cccc46)-c4ccccc4-5)cc3c3ccc4c5ccccc5sc4c32)c1-n1c2ccccc2c2ccccc21. The molecule has 0 bridgehead atoms. The average Bonchev–Trinajstić information content (AvgIpc) is 1.72. The molecule has 0 saturated heterocycles. The van der Waals surface area contributed by atoms with Gasteiger partial charge in [0.05, 0.1) is 71.6 Å². The third-order valence-electron chi connectivity index (χ3n) is 18.4. The lowest BCUT2D eigenvalue weighted by Crippen LogP contribution is -2.16. The van der Waals surface area contributed by atoms with Gasteiger partial charge in [-0.3, -0.25) is 0 Å². The van der Waals surface area contributed by atoms with Crippen LogP contribution in [0, 0.1) is 22.7 Å². The van der Waals surface area contributed by atoms with Crippen molar-refractivity contribution in [1.29, 1.82) is 10.5 Å². The Balaban J connectivity index is 1.06. The van der Waals surface area contributed by atoms with Gasteiger partial charge in [-0.2, -0.15) is 10.5 Å². The summed E-state index contributed by atoms with van der Waals surface area (Å²) in [5.74, 6) is 0. The summed E-state index contributed by atoms with van der Waals surface area (Å²) in [6, 6.07) is 97.2. The highest BCUT2D eigenvalue weighted by atomic mass is 32.1. The van der Waals surface area contributed by atoms with Crippen LogP contribution in [-0.4, -0.2) is 18.3 Å². The minimum Gasteiger partial charge on any atom is -0.306 e. The first kappa shape index (κ1) is 46.2. The van der Waals surface area contributed by atoms with Crippen LogP contribution in [0.4, 0.5) is 0 Å². The van der Waals surface area contributed by atoms with Crippen LogP contribution in [0.15, 0.2) is 255 Å². The van der Waals surface area contributed by atoms with E-state index in [1.807, 2.05) is 0 Å². The molecule has 0 amide bonds. The van der Waals surface area contributed by atoms with Gasteiger partial charge < -0.3 is 18.3 Å². The van der Waals surface area contributed by atoms with Crippen LogP contribution in [0.5, 0.6) is 0 Å². The molecule has 390 valence electrons. The number of aromatic nitrogens is 4. The third kappa shape index (κ3) is 5.98. The van der Waals surface area contributed by atoms with Crippen LogP contribution in [0.3, 0.4) is 0 Å². The van der Waals surface area contributed by atoms with Crippen molar-refractivity contribution >= 4 is 130 Å². The molecule has 13 aromatic carbocycles. The van der Waals surface area contributed by atoms with Crippen molar-refractivity contribution in [3.63, 3.8) is 0 Å². The minimum absolute atomic E-state index is 0.423. The van der Waals surface area contributed by atoms with Crippen molar-refractivity contribution < 1.29 is 0 Å². The molecule has 5 heterocycles. The van der Waals surface area contributed by atoms with Gasteiger partial charge >= 0.3 is 0 Å². The molecule has 6 nitrogen and oxygen atoms in total. The van der Waals surface area contributed by atoms with E-state index in [0.717, 1.165) is 108 Å². The maximum absolute atomic E-state index is 13.0. The summed E-state index contributed by atoms with van der Waals surface area (Å²) < 4.78 is 11.5. The number of hydrogen-bond donors (Lipinski definition) is 0. The fourth-order valence-electron chi connectivity index (χ4n) is 15.0. The summed E-state index contributed by atoms with van der Waals surface area (Å²) in [4.78, 5) is 0. The maximum atomic E-state index is 13.0. The smallest absolute Gasteiger partial charge is 0.104 e. The Morgan fingerprint density at radius 2 is 0.647 bits per heavy atom. The van der Waals surface area contributed by atoms with Crippen molar-refractivity contribution in [3.05, 3.63) is 266 Å². The largest absolute Gasteiger partial charge is 0.306 e. The number of hydrogen-bond acceptors (Lipinski definition) is 3. The highest BCUT2D eigenvalue weighted by Crippen LogP contribution is 2.53. The number of rotatable bonds is 5. The van der Waals surface area contributed by atoms with Crippen LogP contribution in [0.1, 0.15) is 11.1 Å². The Kier molecular flexibility index (Phi) is 9.26. The molecule has 0 atom stereocenters. The topological polar surface area (TPSA) is 67.3 Å². The number of benzene rings is 13. The summed E-state index contributed by atoms with van der Waals surface area (Å²) in [6.45, 7) is 0. The van der Waals surface area contributed by atoms with E-state index in [1.54, 1.807) is 11.3 Å². The van der Waals surface area contributed by atoms with Gasteiger partial charge in [0, 0.05) is 58.6 Å². The molecule has 1 aliphatic rings. The van der Waals surface area contributed by atoms with E-state index in [9.17, 15) is 10.5 Å². The molecule has 5 aromatic heterocycles. The predicted octanol–water partition coefficient (Wildman–Crippen LogP) is 20.7.